The van der Waals surface area contributed by atoms with E-state index in [1.54, 1.807) is 12.1 Å². The van der Waals surface area contributed by atoms with Gasteiger partial charge < -0.3 is 10.2 Å². The zero-order chi connectivity index (χ0) is 32.6. The van der Waals surface area contributed by atoms with Crippen LogP contribution in [0.3, 0.4) is 0 Å². The lowest BCUT2D eigenvalue weighted by molar-refractivity contribution is -0.140. The molecule has 4 aromatic carbocycles. The number of nitrogens with one attached hydrogen (secondary N) is 1. The van der Waals surface area contributed by atoms with Gasteiger partial charge in [-0.2, -0.15) is 0 Å². The van der Waals surface area contributed by atoms with Crippen LogP contribution in [0.4, 0.5) is 5.69 Å². The second kappa shape index (κ2) is 15.2. The number of hydrogen-bond donors (Lipinski definition) is 1. The summed E-state index contributed by atoms with van der Waals surface area (Å²) in [5.41, 5.74) is 3.92. The van der Waals surface area contributed by atoms with Gasteiger partial charge in [-0.3, -0.25) is 13.9 Å². The molecule has 7 nitrogen and oxygen atoms in total. The van der Waals surface area contributed by atoms with Crippen molar-refractivity contribution >= 4 is 39.1 Å². The maximum Gasteiger partial charge on any atom is 0.264 e. The van der Waals surface area contributed by atoms with E-state index in [2.05, 4.69) is 5.32 Å². The lowest BCUT2D eigenvalue weighted by Crippen LogP contribution is -2.53. The summed E-state index contributed by atoms with van der Waals surface area (Å²) in [5, 5.41) is 3.40. The van der Waals surface area contributed by atoms with Gasteiger partial charge in [0.1, 0.15) is 12.6 Å². The number of carbonyl (C=O) groups is 2. The molecule has 0 fully saturated rings. The van der Waals surface area contributed by atoms with E-state index in [0.717, 1.165) is 26.6 Å². The van der Waals surface area contributed by atoms with E-state index in [-0.39, 0.29) is 29.7 Å². The normalized spacial score (nSPS) is 12.0. The molecule has 4 aromatic rings. The first-order valence-electron chi connectivity index (χ1n) is 15.0. The van der Waals surface area contributed by atoms with Gasteiger partial charge in [-0.05, 0) is 78.4 Å². The quantitative estimate of drug-likeness (QED) is 0.178. The molecular weight excluding hydrogens is 606 g/mol. The monoisotopic (exact) mass is 645 g/mol. The van der Waals surface area contributed by atoms with Crippen molar-refractivity contribution in [3.05, 3.63) is 130 Å². The molecule has 2 amide bonds. The maximum absolute atomic E-state index is 14.5. The molecule has 0 spiro atoms. The average molecular weight is 646 g/mol. The van der Waals surface area contributed by atoms with Crippen LogP contribution in [0.1, 0.15) is 36.1 Å². The van der Waals surface area contributed by atoms with E-state index in [9.17, 15) is 18.0 Å². The van der Waals surface area contributed by atoms with E-state index < -0.39 is 28.5 Å². The molecule has 0 bridgehead atoms. The highest BCUT2D eigenvalue weighted by molar-refractivity contribution is 7.92. The van der Waals surface area contributed by atoms with Gasteiger partial charge in [-0.1, -0.05) is 92.2 Å². The van der Waals surface area contributed by atoms with Crippen LogP contribution >= 0.6 is 11.6 Å². The van der Waals surface area contributed by atoms with E-state index in [4.69, 9.17) is 11.6 Å². The Hall–Kier alpha value is -4.14. The highest BCUT2D eigenvalue weighted by Gasteiger charge is 2.34. The lowest BCUT2D eigenvalue weighted by atomic mass is 10.0. The predicted octanol–water partition coefficient (Wildman–Crippen LogP) is 6.56. The summed E-state index contributed by atoms with van der Waals surface area (Å²) in [6.45, 7) is 7.89. The number of nitrogens with zero attached hydrogens (tertiary/aromatic N) is 2. The predicted molar refractivity (Wildman–Crippen MR) is 181 cm³/mol. The zero-order valence-electron chi connectivity index (χ0n) is 26.1. The first-order valence-corrected chi connectivity index (χ1v) is 16.8. The molecule has 0 saturated carbocycles. The largest absolute Gasteiger partial charge is 0.354 e. The average Bonchev–Trinajstić information content (AvgIpc) is 3.02. The van der Waals surface area contributed by atoms with Gasteiger partial charge in [0.15, 0.2) is 0 Å². The summed E-state index contributed by atoms with van der Waals surface area (Å²) in [5.74, 6) is -0.597. The number of amides is 2. The third kappa shape index (κ3) is 8.96. The van der Waals surface area contributed by atoms with E-state index >= 15 is 0 Å². The van der Waals surface area contributed by atoms with Crippen LogP contribution in [0.2, 0.25) is 5.02 Å². The molecule has 45 heavy (non-hydrogen) atoms. The van der Waals surface area contributed by atoms with E-state index in [1.807, 2.05) is 94.4 Å². The summed E-state index contributed by atoms with van der Waals surface area (Å²) in [4.78, 5) is 29.8. The summed E-state index contributed by atoms with van der Waals surface area (Å²) in [6.07, 6.45) is 0.261. The number of benzene rings is 4. The Labute approximate surface area is 271 Å². The van der Waals surface area contributed by atoms with Gasteiger partial charge in [0.05, 0.1) is 10.6 Å². The van der Waals surface area contributed by atoms with Gasteiger partial charge in [0.25, 0.3) is 10.0 Å². The lowest BCUT2D eigenvalue weighted by Gasteiger charge is -2.34. The molecule has 236 valence electrons. The van der Waals surface area contributed by atoms with Gasteiger partial charge >= 0.3 is 0 Å². The molecule has 0 aromatic heterocycles. The van der Waals surface area contributed by atoms with Crippen molar-refractivity contribution < 1.29 is 18.0 Å². The first kappa shape index (κ1) is 33.7. The number of carbonyl (C=O) groups excluding carboxylic acids is 2. The minimum atomic E-state index is -4.20. The van der Waals surface area contributed by atoms with Crippen molar-refractivity contribution in [2.24, 2.45) is 5.92 Å². The molecule has 0 aliphatic heterocycles. The third-order valence-corrected chi connectivity index (χ3v) is 9.65. The molecule has 0 saturated heterocycles. The van der Waals surface area contributed by atoms with Gasteiger partial charge in [-0.25, -0.2) is 8.42 Å². The molecule has 0 radical (unpaired) electrons. The smallest absolute Gasteiger partial charge is 0.264 e. The Morgan fingerprint density at radius 1 is 0.800 bits per heavy atom. The maximum atomic E-state index is 14.5. The minimum Gasteiger partial charge on any atom is -0.354 e. The van der Waals surface area contributed by atoms with Crippen molar-refractivity contribution in [3.8, 4) is 0 Å². The van der Waals surface area contributed by atoms with Crippen LogP contribution in [0.15, 0.2) is 108 Å². The third-order valence-electron chi connectivity index (χ3n) is 7.61. The molecular formula is C36H40ClN3O4S. The summed E-state index contributed by atoms with van der Waals surface area (Å²) in [6, 6.07) is 29.2. The molecule has 0 unspecified atom stereocenters. The summed E-state index contributed by atoms with van der Waals surface area (Å²) in [7, 11) is -4.20. The first-order chi connectivity index (χ1) is 21.5. The van der Waals surface area contributed by atoms with E-state index in [0.29, 0.717) is 17.3 Å². The standard InChI is InChI=1S/C36H40ClN3O4S/c1-26(2)23-38-36(42)34(22-29-11-7-5-8-12-29)39(24-30-13-9-6-10-14-30)35(41)25-40(32-18-15-27(3)28(4)21-32)45(43,44)33-19-16-31(37)17-20-33/h5-21,26,34H,22-25H2,1-4H3,(H,38,42)/t34-/m1/s1. The van der Waals surface area contributed by atoms with Crippen molar-refractivity contribution in [1.29, 1.82) is 0 Å². The number of anilines is 1. The minimum absolute atomic E-state index is 0.00282. The van der Waals surface area contributed by atoms with Crippen LogP contribution in [0.5, 0.6) is 0 Å². The highest BCUT2D eigenvalue weighted by atomic mass is 35.5. The van der Waals surface area contributed by atoms with E-state index in [1.165, 1.54) is 29.2 Å². The van der Waals surface area contributed by atoms with Crippen LogP contribution in [0.25, 0.3) is 0 Å². The number of hydrogen-bond acceptors (Lipinski definition) is 4. The second-order valence-electron chi connectivity index (χ2n) is 11.6. The van der Waals surface area contributed by atoms with Gasteiger partial charge in [0, 0.05) is 24.5 Å². The van der Waals surface area contributed by atoms with Gasteiger partial charge in [0.2, 0.25) is 11.8 Å². The fraction of sp³-hybridized carbons (Fsp3) is 0.278. The number of rotatable bonds is 13. The fourth-order valence-electron chi connectivity index (χ4n) is 4.90. The molecule has 0 aliphatic carbocycles. The Morgan fingerprint density at radius 3 is 1.98 bits per heavy atom. The van der Waals surface area contributed by atoms with Crippen molar-refractivity contribution in [1.82, 2.24) is 10.2 Å². The molecule has 9 heteroatoms. The Kier molecular flexibility index (Phi) is 11.4. The van der Waals surface area contributed by atoms with Crippen LogP contribution < -0.4 is 9.62 Å². The van der Waals surface area contributed by atoms with Crippen molar-refractivity contribution in [2.45, 2.75) is 51.6 Å². The fourth-order valence-corrected chi connectivity index (χ4v) is 6.43. The molecule has 4 rings (SSSR count). The van der Waals surface area contributed by atoms with Crippen molar-refractivity contribution in [2.75, 3.05) is 17.4 Å². The second-order valence-corrected chi connectivity index (χ2v) is 13.9. The number of aryl methyl sites for hydroxylation is 2. The molecule has 0 heterocycles. The highest BCUT2D eigenvalue weighted by Crippen LogP contribution is 2.27. The zero-order valence-corrected chi connectivity index (χ0v) is 27.7. The number of sulfonamides is 1. The Morgan fingerprint density at radius 2 is 1.40 bits per heavy atom. The van der Waals surface area contributed by atoms with Crippen LogP contribution in [-0.2, 0) is 32.6 Å². The Bertz CT molecular complexity index is 1700. The summed E-state index contributed by atoms with van der Waals surface area (Å²) >= 11 is 6.07. The van der Waals surface area contributed by atoms with Crippen LogP contribution in [0, 0.1) is 19.8 Å². The molecule has 0 aliphatic rings. The topological polar surface area (TPSA) is 86.8 Å². The molecule has 1 N–H and O–H groups in total. The van der Waals surface area contributed by atoms with Crippen LogP contribution in [-0.4, -0.2) is 44.3 Å². The van der Waals surface area contributed by atoms with Crippen molar-refractivity contribution in [3.63, 3.8) is 0 Å². The molecule has 1 atom stereocenters. The number of halogens is 1. The summed E-state index contributed by atoms with van der Waals surface area (Å²) < 4.78 is 29.4. The Balaban J connectivity index is 1.80. The SMILES string of the molecule is Cc1ccc(N(CC(=O)N(Cc2ccccc2)[C@H](Cc2ccccc2)C(=O)NCC(C)C)S(=O)(=O)c2ccc(Cl)cc2)cc1C. The van der Waals surface area contributed by atoms with Gasteiger partial charge in [-0.15, -0.1) is 0 Å².